The summed E-state index contributed by atoms with van der Waals surface area (Å²) in [6, 6.07) is 13.0. The van der Waals surface area contributed by atoms with Gasteiger partial charge in [0.25, 0.3) is 0 Å². The second-order valence-corrected chi connectivity index (χ2v) is 9.63. The zero-order valence-electron chi connectivity index (χ0n) is 23.8. The maximum Gasteiger partial charge on any atom is 2.00 e. The smallest absolute Gasteiger partial charge is 0.493 e. The fraction of sp³-hybridized carbons (Fsp3) is 0.455. The number of benzene rings is 2. The van der Waals surface area contributed by atoms with Crippen LogP contribution in [0.4, 0.5) is 0 Å². The third-order valence-electron chi connectivity index (χ3n) is 5.82. The van der Waals surface area contributed by atoms with Gasteiger partial charge in [-0.15, -0.1) is 0 Å². The minimum absolute atomic E-state index is 0. The van der Waals surface area contributed by atoms with Gasteiger partial charge >= 0.3 is 20.4 Å². The Balaban J connectivity index is 0.00000119. The van der Waals surface area contributed by atoms with E-state index >= 15 is 0 Å². The van der Waals surface area contributed by atoms with Gasteiger partial charge in [-0.1, -0.05) is 80.8 Å². The Bertz CT molecular complexity index is 966. The molecule has 0 saturated heterocycles. The molecule has 0 unspecified atom stereocenters. The number of allylic oxidation sites excluding steroid dienone is 2. The van der Waals surface area contributed by atoms with E-state index < -0.39 is 0 Å². The van der Waals surface area contributed by atoms with Gasteiger partial charge in [0.15, 0.2) is 0 Å². The van der Waals surface area contributed by atoms with Crippen molar-refractivity contribution >= 4 is 11.4 Å². The van der Waals surface area contributed by atoms with Crippen LogP contribution in [0.5, 0.6) is 0 Å². The van der Waals surface area contributed by atoms with Crippen molar-refractivity contribution in [1.82, 2.24) is 0 Å². The summed E-state index contributed by atoms with van der Waals surface area (Å²) in [6.07, 6.45) is 11.3. The zero-order valence-corrected chi connectivity index (χ0v) is 25.4. The van der Waals surface area contributed by atoms with E-state index in [1.807, 2.05) is 0 Å². The third-order valence-corrected chi connectivity index (χ3v) is 5.82. The molecule has 0 saturated carbocycles. The molecule has 2 aromatic carbocycles. The molecular formula is C33H48N2Pd. The van der Waals surface area contributed by atoms with Crippen molar-refractivity contribution in [2.75, 3.05) is 0 Å². The standard InChI is InChI=1S/C25H30N2.2C4H9.Pd/c1-6-7-8-9-21-16-24(22-12-17(2)10-18(3)13-22)27(26)25(21)23-14-19(4)11-20(5)15-23;2*1-3-4-2;/h10-16H,6-9H2,1-5H3;2*1,3-4H2,2H3;/q;2*-1;+2. The Morgan fingerprint density at radius 3 is 1.47 bits per heavy atom. The largest absolute Gasteiger partial charge is 2.00 e. The van der Waals surface area contributed by atoms with Crippen molar-refractivity contribution < 1.29 is 25.1 Å². The zero-order chi connectivity index (χ0) is 26.4. The number of nitrogens with zero attached hydrogens (tertiary/aromatic N) is 2. The Labute approximate surface area is 236 Å². The normalized spacial score (nSPS) is 12.2. The van der Waals surface area contributed by atoms with Crippen molar-refractivity contribution in [2.45, 2.75) is 99.8 Å². The molecule has 1 aliphatic rings. The van der Waals surface area contributed by atoms with Gasteiger partial charge in [-0.2, -0.15) is 12.8 Å². The Hall–Kier alpha value is -1.82. The maximum absolute atomic E-state index is 11.2. The number of rotatable bonds is 8. The van der Waals surface area contributed by atoms with E-state index in [9.17, 15) is 5.53 Å². The second-order valence-electron chi connectivity index (χ2n) is 9.63. The fourth-order valence-electron chi connectivity index (χ4n) is 4.05. The molecule has 36 heavy (non-hydrogen) atoms. The van der Waals surface area contributed by atoms with Gasteiger partial charge < -0.3 is 19.4 Å². The van der Waals surface area contributed by atoms with Crippen LogP contribution in [-0.2, 0) is 20.4 Å². The van der Waals surface area contributed by atoms with Crippen molar-refractivity contribution in [2.24, 2.45) is 0 Å². The molecule has 200 valence electrons. The van der Waals surface area contributed by atoms with Crippen LogP contribution < -0.4 is 0 Å². The summed E-state index contributed by atoms with van der Waals surface area (Å²) >= 11 is 0. The Morgan fingerprint density at radius 1 is 0.667 bits per heavy atom. The molecule has 0 spiro atoms. The first kappa shape index (κ1) is 34.2. The molecule has 0 N–H and O–H groups in total. The van der Waals surface area contributed by atoms with Gasteiger partial charge in [-0.3, -0.25) is 0 Å². The van der Waals surface area contributed by atoms with Crippen LogP contribution >= 0.6 is 0 Å². The van der Waals surface area contributed by atoms with Crippen molar-refractivity contribution in [3.05, 3.63) is 101 Å². The molecule has 0 aliphatic carbocycles. The molecule has 0 fully saturated rings. The minimum atomic E-state index is 0. The molecule has 0 atom stereocenters. The summed E-state index contributed by atoms with van der Waals surface area (Å²) in [5.74, 6) is 0. The number of hydrogen-bond acceptors (Lipinski definition) is 0. The monoisotopic (exact) mass is 578 g/mol. The van der Waals surface area contributed by atoms with E-state index in [0.29, 0.717) is 0 Å². The average molecular weight is 579 g/mol. The molecule has 1 heterocycles. The molecule has 2 nitrogen and oxygen atoms in total. The predicted octanol–water partition coefficient (Wildman–Crippen LogP) is 10.5. The summed E-state index contributed by atoms with van der Waals surface area (Å²) in [6.45, 7) is 22.1. The van der Waals surface area contributed by atoms with E-state index in [-0.39, 0.29) is 20.4 Å². The average Bonchev–Trinajstić information content (AvgIpc) is 3.14. The maximum atomic E-state index is 11.2. The number of hydrogen-bond donors (Lipinski definition) is 0. The van der Waals surface area contributed by atoms with Gasteiger partial charge in [0.1, 0.15) is 0 Å². The quantitative estimate of drug-likeness (QED) is 0.129. The fourth-order valence-corrected chi connectivity index (χ4v) is 4.05. The van der Waals surface area contributed by atoms with Crippen LogP contribution in [0.25, 0.3) is 16.9 Å². The van der Waals surface area contributed by atoms with Gasteiger partial charge in [-0.25, -0.2) is 4.70 Å². The Kier molecular flexibility index (Phi) is 17.5. The summed E-state index contributed by atoms with van der Waals surface area (Å²) in [7, 11) is 0. The van der Waals surface area contributed by atoms with Crippen molar-refractivity contribution in [3.8, 4) is 0 Å². The Morgan fingerprint density at radius 2 is 1.08 bits per heavy atom. The van der Waals surface area contributed by atoms with Crippen molar-refractivity contribution in [3.63, 3.8) is 0 Å². The number of unbranched alkanes of at least 4 members (excludes halogenated alkanes) is 4. The summed E-state index contributed by atoms with van der Waals surface area (Å²) in [5.41, 5.74) is 21.2. The van der Waals surface area contributed by atoms with E-state index in [0.717, 1.165) is 48.2 Å². The summed E-state index contributed by atoms with van der Waals surface area (Å²) in [5, 5.41) is 0. The first-order chi connectivity index (χ1) is 16.7. The molecule has 0 radical (unpaired) electrons. The van der Waals surface area contributed by atoms with Crippen LogP contribution in [0.15, 0.2) is 48.0 Å². The van der Waals surface area contributed by atoms with Crippen LogP contribution in [0.2, 0.25) is 0 Å². The van der Waals surface area contributed by atoms with Crippen molar-refractivity contribution in [1.29, 1.82) is 0 Å². The van der Waals surface area contributed by atoms with E-state index in [1.165, 1.54) is 58.2 Å². The molecule has 3 rings (SSSR count). The van der Waals surface area contributed by atoms with Crippen LogP contribution in [0.3, 0.4) is 0 Å². The van der Waals surface area contributed by atoms with E-state index in [2.05, 4.69) is 105 Å². The molecule has 0 amide bonds. The third kappa shape index (κ3) is 11.1. The predicted molar refractivity (Wildman–Crippen MR) is 155 cm³/mol. The van der Waals surface area contributed by atoms with Crippen LogP contribution in [-0.4, -0.2) is 4.70 Å². The minimum Gasteiger partial charge on any atom is -0.493 e. The topological polar surface area (TPSA) is 25.3 Å². The molecule has 0 bridgehead atoms. The number of aryl methyl sites for hydroxylation is 4. The van der Waals surface area contributed by atoms with E-state index in [1.54, 1.807) is 0 Å². The molecule has 3 heteroatoms. The summed E-state index contributed by atoms with van der Waals surface area (Å²) in [4.78, 5) is 0. The van der Waals surface area contributed by atoms with Gasteiger partial charge in [-0.05, 0) is 64.8 Å². The molecule has 2 aromatic rings. The summed E-state index contributed by atoms with van der Waals surface area (Å²) < 4.78 is 1.41. The van der Waals surface area contributed by atoms with Gasteiger partial charge in [0, 0.05) is 22.8 Å². The first-order valence-electron chi connectivity index (χ1n) is 13.4. The van der Waals surface area contributed by atoms with Crippen LogP contribution in [0, 0.1) is 41.5 Å². The molecule has 1 aliphatic heterocycles. The first-order valence-corrected chi connectivity index (χ1v) is 13.4. The second kappa shape index (κ2) is 18.4. The van der Waals surface area contributed by atoms with E-state index in [4.69, 9.17) is 0 Å². The SMILES string of the molecule is CCCCCC1=C(c2cc(C)cc(C)c2)[N+](=[N-])C(c2cc(C)cc(C)c2)=C1.[CH2-]CCC.[CH2-]CCC.[Pd+2]. The van der Waals surface area contributed by atoms with Gasteiger partial charge in [0.2, 0.25) is 11.4 Å². The van der Waals surface area contributed by atoms with Crippen LogP contribution in [0.1, 0.15) is 106 Å². The molecule has 0 aromatic heterocycles. The van der Waals surface area contributed by atoms with Gasteiger partial charge in [0.05, 0.1) is 0 Å². The molecular weight excluding hydrogens is 531 g/mol.